The molecule has 15 heteroatoms. The van der Waals surface area contributed by atoms with Gasteiger partial charge in [0.25, 0.3) is 0 Å². The van der Waals surface area contributed by atoms with Gasteiger partial charge in [-0.15, -0.1) is 0 Å². The monoisotopic (exact) mass is 610 g/mol. The molecule has 2 aromatic rings. The Bertz CT molecular complexity index is 1150. The van der Waals surface area contributed by atoms with Gasteiger partial charge in [0.1, 0.15) is 84.7 Å². The van der Waals surface area contributed by atoms with E-state index in [4.69, 9.17) is 33.2 Å². The Balaban J connectivity index is 1.40. The summed E-state index contributed by atoms with van der Waals surface area (Å²) in [5.74, 6) is -1.16. The average Bonchev–Trinajstić information content (AvgIpc) is 3.03. The number of benzene rings is 2. The first-order valence-corrected chi connectivity index (χ1v) is 13.2. The zero-order valence-corrected chi connectivity index (χ0v) is 23.2. The number of carbonyl (C=O) groups is 2. The number of para-hydroxylation sites is 2. The van der Waals surface area contributed by atoms with Gasteiger partial charge in [-0.1, -0.05) is 24.3 Å². The molecule has 1 unspecified atom stereocenters. The lowest BCUT2D eigenvalue weighted by molar-refractivity contribution is -0.376. The van der Waals surface area contributed by atoms with E-state index in [-0.39, 0.29) is 22.6 Å². The number of rotatable bonds is 10. The Hall–Kier alpha value is -3.38. The van der Waals surface area contributed by atoms with E-state index >= 15 is 0 Å². The molecule has 0 aliphatic carbocycles. The van der Waals surface area contributed by atoms with Gasteiger partial charge in [-0.05, 0) is 24.3 Å². The van der Waals surface area contributed by atoms with E-state index in [1.54, 1.807) is 36.4 Å². The molecule has 2 aromatic carbocycles. The highest BCUT2D eigenvalue weighted by molar-refractivity contribution is 5.93. The van der Waals surface area contributed by atoms with Crippen molar-refractivity contribution in [3.63, 3.8) is 0 Å². The van der Waals surface area contributed by atoms with Crippen LogP contribution < -0.4 is 9.47 Å². The number of aliphatic hydroxyl groups is 6. The van der Waals surface area contributed by atoms with E-state index in [0.717, 1.165) is 0 Å². The first-order valence-electron chi connectivity index (χ1n) is 13.2. The van der Waals surface area contributed by atoms with Crippen LogP contribution in [-0.4, -0.2) is 131 Å². The Morgan fingerprint density at radius 1 is 0.605 bits per heavy atom. The largest absolute Gasteiger partial charge is 0.496 e. The van der Waals surface area contributed by atoms with Crippen LogP contribution in [0.1, 0.15) is 20.7 Å². The van der Waals surface area contributed by atoms with E-state index in [9.17, 15) is 40.2 Å². The van der Waals surface area contributed by atoms with Gasteiger partial charge in [0.15, 0.2) is 12.6 Å². The van der Waals surface area contributed by atoms with Gasteiger partial charge in [0.2, 0.25) is 0 Å². The molecule has 0 radical (unpaired) electrons. The highest BCUT2D eigenvalue weighted by atomic mass is 16.8. The minimum atomic E-state index is -1.88. The molecule has 6 N–H and O–H groups in total. The van der Waals surface area contributed by atoms with Crippen molar-refractivity contribution in [2.75, 3.05) is 27.4 Å². The highest BCUT2D eigenvalue weighted by Gasteiger charge is 2.50. The van der Waals surface area contributed by atoms with Crippen LogP contribution >= 0.6 is 0 Å². The van der Waals surface area contributed by atoms with Crippen LogP contribution in [0, 0.1) is 0 Å². The third-order valence-electron chi connectivity index (χ3n) is 7.02. The molecule has 2 saturated heterocycles. The molecule has 4 rings (SSSR count). The molecular formula is C28H34O15. The van der Waals surface area contributed by atoms with Crippen LogP contribution in [0.3, 0.4) is 0 Å². The molecule has 0 spiro atoms. The minimum Gasteiger partial charge on any atom is -0.496 e. The molecular weight excluding hydrogens is 576 g/mol. The van der Waals surface area contributed by atoms with Gasteiger partial charge in [-0.25, -0.2) is 9.59 Å². The predicted molar refractivity (Wildman–Crippen MR) is 141 cm³/mol. The quantitative estimate of drug-likeness (QED) is 0.166. The topological polar surface area (TPSA) is 220 Å². The molecule has 236 valence electrons. The number of hydrogen-bond acceptors (Lipinski definition) is 15. The first kappa shape index (κ1) is 32.5. The lowest BCUT2D eigenvalue weighted by Crippen LogP contribution is -2.64. The fourth-order valence-corrected chi connectivity index (χ4v) is 4.56. The number of ether oxygens (including phenoxy) is 7. The Labute approximate surface area is 245 Å². The summed E-state index contributed by atoms with van der Waals surface area (Å²) in [4.78, 5) is 25.1. The molecule has 2 aliphatic heterocycles. The van der Waals surface area contributed by atoms with Crippen LogP contribution in [0.2, 0.25) is 0 Å². The number of aliphatic hydroxyl groups excluding tert-OH is 6. The molecule has 2 aliphatic rings. The SMILES string of the molecule is COc1ccccc1C(=O)OC[C@H]1O[C@H](OC2O[C@H](COC(=O)c3ccccc3OC)[C@@H](O)[C@H](O)[C@H]2O)[C@H](O)[C@@H](O)[C@@H]1O. The van der Waals surface area contributed by atoms with Crippen molar-refractivity contribution in [1.29, 1.82) is 0 Å². The predicted octanol–water partition coefficient (Wildman–Crippen LogP) is -1.65. The van der Waals surface area contributed by atoms with Crippen molar-refractivity contribution in [3.05, 3.63) is 59.7 Å². The van der Waals surface area contributed by atoms with Crippen LogP contribution in [0.4, 0.5) is 0 Å². The smallest absolute Gasteiger partial charge is 0.342 e. The van der Waals surface area contributed by atoms with Gasteiger partial charge >= 0.3 is 11.9 Å². The maximum atomic E-state index is 12.6. The molecule has 0 amide bonds. The Morgan fingerprint density at radius 3 is 1.35 bits per heavy atom. The highest BCUT2D eigenvalue weighted by Crippen LogP contribution is 2.29. The minimum absolute atomic E-state index is 0.0902. The summed E-state index contributed by atoms with van der Waals surface area (Å²) < 4.78 is 37.2. The van der Waals surface area contributed by atoms with E-state index in [2.05, 4.69) is 0 Å². The zero-order valence-electron chi connectivity index (χ0n) is 23.2. The lowest BCUT2D eigenvalue weighted by atomic mass is 9.98. The summed E-state index contributed by atoms with van der Waals surface area (Å²) in [6, 6.07) is 12.5. The zero-order chi connectivity index (χ0) is 31.3. The maximum absolute atomic E-state index is 12.6. The number of esters is 2. The van der Waals surface area contributed by atoms with E-state index < -0.39 is 86.6 Å². The van der Waals surface area contributed by atoms with Crippen molar-refractivity contribution >= 4 is 11.9 Å². The average molecular weight is 611 g/mol. The third-order valence-corrected chi connectivity index (χ3v) is 7.02. The second kappa shape index (κ2) is 14.4. The van der Waals surface area contributed by atoms with E-state index in [1.165, 1.54) is 26.4 Å². The third kappa shape index (κ3) is 7.23. The normalized spacial score (nSPS) is 32.5. The van der Waals surface area contributed by atoms with Crippen molar-refractivity contribution in [2.24, 2.45) is 0 Å². The van der Waals surface area contributed by atoms with Gasteiger partial charge in [-0.3, -0.25) is 0 Å². The van der Waals surface area contributed by atoms with Crippen molar-refractivity contribution < 1.29 is 73.4 Å². The van der Waals surface area contributed by atoms with Crippen LogP contribution in [0.25, 0.3) is 0 Å². The standard InChI is InChI=1S/C28H34O15/c1-37-15-9-5-3-7-13(15)25(35)39-11-17-19(29)21(31)23(33)27(41-17)43-28-24(34)22(32)20(30)18(42-28)12-40-26(36)14-8-4-6-10-16(14)38-2/h3-10,17-24,27-34H,11-12H2,1-2H3/t17-,18-,19-,20-,21+,22+,23-,24-,27-,28?/m1/s1. The molecule has 43 heavy (non-hydrogen) atoms. The van der Waals surface area contributed by atoms with Crippen LogP contribution in [-0.2, 0) is 23.7 Å². The summed E-state index contributed by atoms with van der Waals surface area (Å²) in [5, 5.41) is 62.6. The van der Waals surface area contributed by atoms with Crippen molar-refractivity contribution in [1.82, 2.24) is 0 Å². The summed E-state index contributed by atoms with van der Waals surface area (Å²) in [5.41, 5.74) is 0.180. The Morgan fingerprint density at radius 2 is 0.977 bits per heavy atom. The first-order chi connectivity index (χ1) is 20.6. The Kier molecular flexibility index (Phi) is 10.9. The van der Waals surface area contributed by atoms with Gasteiger partial charge in [-0.2, -0.15) is 0 Å². The molecule has 15 nitrogen and oxygen atoms in total. The molecule has 0 aromatic heterocycles. The second-order valence-electron chi connectivity index (χ2n) is 9.76. The van der Waals surface area contributed by atoms with E-state index in [1.807, 2.05) is 0 Å². The van der Waals surface area contributed by atoms with Gasteiger partial charge < -0.3 is 63.8 Å². The molecule has 0 bridgehead atoms. The molecule has 0 saturated carbocycles. The molecule has 2 heterocycles. The van der Waals surface area contributed by atoms with Gasteiger partial charge in [0, 0.05) is 0 Å². The van der Waals surface area contributed by atoms with Crippen molar-refractivity contribution in [2.45, 2.75) is 61.4 Å². The van der Waals surface area contributed by atoms with Crippen LogP contribution in [0.15, 0.2) is 48.5 Å². The van der Waals surface area contributed by atoms with Crippen LogP contribution in [0.5, 0.6) is 11.5 Å². The summed E-state index contributed by atoms with van der Waals surface area (Å²) in [6.07, 6.45) is -17.2. The number of carbonyl (C=O) groups excluding carboxylic acids is 2. The molecule has 10 atom stereocenters. The summed E-state index contributed by atoms with van der Waals surface area (Å²) in [7, 11) is 2.74. The second-order valence-corrected chi connectivity index (χ2v) is 9.76. The van der Waals surface area contributed by atoms with Crippen molar-refractivity contribution in [3.8, 4) is 11.5 Å². The number of methoxy groups -OCH3 is 2. The maximum Gasteiger partial charge on any atom is 0.342 e. The lowest BCUT2D eigenvalue weighted by Gasteiger charge is -2.44. The van der Waals surface area contributed by atoms with Gasteiger partial charge in [0.05, 0.1) is 14.2 Å². The summed E-state index contributed by atoms with van der Waals surface area (Å²) in [6.45, 7) is -1.17. The number of hydrogen-bond donors (Lipinski definition) is 6. The van der Waals surface area contributed by atoms with E-state index in [0.29, 0.717) is 0 Å². The molecule has 2 fully saturated rings. The fraction of sp³-hybridized carbons (Fsp3) is 0.500. The fourth-order valence-electron chi connectivity index (χ4n) is 4.56. The summed E-state index contributed by atoms with van der Waals surface area (Å²) >= 11 is 0.